The Bertz CT molecular complexity index is 268. The Kier molecular flexibility index (Phi) is 5.56. The summed E-state index contributed by atoms with van der Waals surface area (Å²) in [6, 6.07) is -0.559. The Morgan fingerprint density at radius 3 is 2.50 bits per heavy atom. The fraction of sp³-hybridized carbons (Fsp3) is 0.923. The van der Waals surface area contributed by atoms with E-state index in [1.165, 1.54) is 0 Å². The van der Waals surface area contributed by atoms with Crippen molar-refractivity contribution in [1.29, 1.82) is 0 Å². The number of nitrogens with two attached hydrogens (primary N) is 1. The first kappa shape index (κ1) is 15.4. The van der Waals surface area contributed by atoms with Crippen LogP contribution in [0.1, 0.15) is 40.0 Å². The fourth-order valence-electron chi connectivity index (χ4n) is 1.96. The van der Waals surface area contributed by atoms with Crippen LogP contribution in [-0.2, 0) is 9.53 Å². The standard InChI is InChI=1S/C13H26N2O3/c1-13(2,3)18-12(17)11(14)6-9-15-7-4-10(16)5-8-15/h10-11,16H,4-9,14H2,1-3H3. The second kappa shape index (κ2) is 6.50. The van der Waals surface area contributed by atoms with Crippen molar-refractivity contribution in [3.63, 3.8) is 0 Å². The average molecular weight is 258 g/mol. The number of aliphatic hydroxyl groups is 1. The zero-order valence-corrected chi connectivity index (χ0v) is 11.7. The molecule has 0 spiro atoms. The monoisotopic (exact) mass is 258 g/mol. The first-order valence-corrected chi connectivity index (χ1v) is 6.67. The van der Waals surface area contributed by atoms with E-state index < -0.39 is 11.6 Å². The van der Waals surface area contributed by atoms with E-state index in [0.717, 1.165) is 32.5 Å². The zero-order valence-electron chi connectivity index (χ0n) is 11.7. The van der Waals surface area contributed by atoms with E-state index >= 15 is 0 Å². The minimum atomic E-state index is -0.559. The number of hydrogen-bond acceptors (Lipinski definition) is 5. The lowest BCUT2D eigenvalue weighted by molar-refractivity contribution is -0.156. The predicted molar refractivity (Wildman–Crippen MR) is 70.1 cm³/mol. The average Bonchev–Trinajstić information content (AvgIpc) is 2.25. The summed E-state index contributed by atoms with van der Waals surface area (Å²) in [5.41, 5.74) is 5.34. The first-order chi connectivity index (χ1) is 8.28. The van der Waals surface area contributed by atoms with E-state index in [9.17, 15) is 9.90 Å². The lowest BCUT2D eigenvalue weighted by Gasteiger charge is -2.30. The summed E-state index contributed by atoms with van der Waals surface area (Å²) in [5, 5.41) is 9.39. The van der Waals surface area contributed by atoms with E-state index in [2.05, 4.69) is 4.90 Å². The zero-order chi connectivity index (χ0) is 13.8. The normalized spacial score (nSPS) is 20.7. The van der Waals surface area contributed by atoms with Crippen LogP contribution in [0.25, 0.3) is 0 Å². The van der Waals surface area contributed by atoms with Crippen molar-refractivity contribution in [3.05, 3.63) is 0 Å². The first-order valence-electron chi connectivity index (χ1n) is 6.67. The van der Waals surface area contributed by atoms with E-state index in [1.807, 2.05) is 20.8 Å². The van der Waals surface area contributed by atoms with Gasteiger partial charge < -0.3 is 20.5 Å². The molecule has 1 atom stereocenters. The van der Waals surface area contributed by atoms with Crippen LogP contribution < -0.4 is 5.73 Å². The van der Waals surface area contributed by atoms with Gasteiger partial charge in [-0.15, -0.1) is 0 Å². The largest absolute Gasteiger partial charge is 0.459 e. The molecule has 1 heterocycles. The molecule has 0 saturated carbocycles. The number of piperidine rings is 1. The molecular weight excluding hydrogens is 232 g/mol. The fourth-order valence-corrected chi connectivity index (χ4v) is 1.96. The molecule has 1 unspecified atom stereocenters. The molecule has 0 bridgehead atoms. The van der Waals surface area contributed by atoms with E-state index in [4.69, 9.17) is 10.5 Å². The minimum absolute atomic E-state index is 0.166. The van der Waals surface area contributed by atoms with Crippen LogP contribution in [-0.4, -0.2) is 53.4 Å². The van der Waals surface area contributed by atoms with Crippen molar-refractivity contribution < 1.29 is 14.6 Å². The molecule has 0 radical (unpaired) electrons. The number of carbonyl (C=O) groups excluding carboxylic acids is 1. The molecule has 106 valence electrons. The molecule has 1 saturated heterocycles. The maximum absolute atomic E-state index is 11.7. The summed E-state index contributed by atoms with van der Waals surface area (Å²) in [7, 11) is 0. The second-order valence-electron chi connectivity index (χ2n) is 6.00. The van der Waals surface area contributed by atoms with Crippen LogP contribution in [0.5, 0.6) is 0 Å². The lowest BCUT2D eigenvalue weighted by Crippen LogP contribution is -2.42. The summed E-state index contributed by atoms with van der Waals surface area (Å²) < 4.78 is 5.23. The van der Waals surface area contributed by atoms with Crippen LogP contribution in [0.2, 0.25) is 0 Å². The summed E-state index contributed by atoms with van der Waals surface area (Å²) in [5.74, 6) is -0.334. The van der Waals surface area contributed by atoms with Gasteiger partial charge in [0.15, 0.2) is 0 Å². The summed E-state index contributed by atoms with van der Waals surface area (Å²) in [6.07, 6.45) is 2.05. The maximum Gasteiger partial charge on any atom is 0.323 e. The second-order valence-corrected chi connectivity index (χ2v) is 6.00. The van der Waals surface area contributed by atoms with Gasteiger partial charge in [-0.1, -0.05) is 0 Å². The Hall–Kier alpha value is -0.650. The molecule has 1 fully saturated rings. The Labute approximate surface area is 109 Å². The van der Waals surface area contributed by atoms with Crippen molar-refractivity contribution in [2.24, 2.45) is 5.73 Å². The number of esters is 1. The quantitative estimate of drug-likeness (QED) is 0.718. The molecule has 0 aromatic heterocycles. The van der Waals surface area contributed by atoms with Crippen LogP contribution >= 0.6 is 0 Å². The van der Waals surface area contributed by atoms with Crippen molar-refractivity contribution >= 4 is 5.97 Å². The van der Waals surface area contributed by atoms with Crippen LogP contribution in [0, 0.1) is 0 Å². The molecule has 0 aromatic rings. The number of hydrogen-bond donors (Lipinski definition) is 2. The number of carbonyl (C=O) groups is 1. The molecule has 3 N–H and O–H groups in total. The number of rotatable bonds is 4. The van der Waals surface area contributed by atoms with Gasteiger partial charge in [0.1, 0.15) is 11.6 Å². The summed E-state index contributed by atoms with van der Waals surface area (Å²) in [4.78, 5) is 13.9. The predicted octanol–water partition coefficient (Wildman–Crippen LogP) is 0.502. The van der Waals surface area contributed by atoms with E-state index in [-0.39, 0.29) is 12.1 Å². The van der Waals surface area contributed by atoms with Crippen molar-refractivity contribution in [2.45, 2.75) is 57.8 Å². The van der Waals surface area contributed by atoms with Crippen LogP contribution in [0.4, 0.5) is 0 Å². The van der Waals surface area contributed by atoms with Crippen molar-refractivity contribution in [3.8, 4) is 0 Å². The van der Waals surface area contributed by atoms with E-state index in [0.29, 0.717) is 6.42 Å². The maximum atomic E-state index is 11.7. The Morgan fingerprint density at radius 2 is 2.00 bits per heavy atom. The molecule has 1 rings (SSSR count). The van der Waals surface area contributed by atoms with Crippen LogP contribution in [0.15, 0.2) is 0 Å². The van der Waals surface area contributed by atoms with Gasteiger partial charge in [0, 0.05) is 19.6 Å². The third kappa shape index (κ3) is 5.80. The van der Waals surface area contributed by atoms with Gasteiger partial charge in [-0.25, -0.2) is 0 Å². The minimum Gasteiger partial charge on any atom is -0.459 e. The van der Waals surface area contributed by atoms with Gasteiger partial charge in [0.2, 0.25) is 0 Å². The molecule has 0 aromatic carbocycles. The molecule has 1 aliphatic rings. The number of likely N-dealkylation sites (tertiary alicyclic amines) is 1. The highest BCUT2D eigenvalue weighted by Crippen LogP contribution is 2.12. The Morgan fingerprint density at radius 1 is 1.44 bits per heavy atom. The molecule has 0 amide bonds. The SMILES string of the molecule is CC(C)(C)OC(=O)C(N)CCN1CCC(O)CC1. The van der Waals surface area contributed by atoms with Gasteiger partial charge in [-0.05, 0) is 40.0 Å². The topological polar surface area (TPSA) is 75.8 Å². The van der Waals surface area contributed by atoms with Gasteiger partial charge >= 0.3 is 5.97 Å². The van der Waals surface area contributed by atoms with Crippen molar-refractivity contribution in [2.75, 3.05) is 19.6 Å². The van der Waals surface area contributed by atoms with Gasteiger partial charge in [0.05, 0.1) is 6.10 Å². The van der Waals surface area contributed by atoms with Gasteiger partial charge in [-0.3, -0.25) is 4.79 Å². The highest BCUT2D eigenvalue weighted by atomic mass is 16.6. The lowest BCUT2D eigenvalue weighted by atomic mass is 10.1. The smallest absolute Gasteiger partial charge is 0.323 e. The number of ether oxygens (including phenoxy) is 1. The third-order valence-electron chi connectivity index (χ3n) is 3.02. The molecule has 18 heavy (non-hydrogen) atoms. The van der Waals surface area contributed by atoms with Crippen LogP contribution in [0.3, 0.4) is 0 Å². The summed E-state index contributed by atoms with van der Waals surface area (Å²) >= 11 is 0. The molecular formula is C13H26N2O3. The molecule has 1 aliphatic heterocycles. The number of aliphatic hydroxyl groups excluding tert-OH is 1. The number of nitrogens with zero attached hydrogens (tertiary/aromatic N) is 1. The molecule has 5 heteroatoms. The van der Waals surface area contributed by atoms with Crippen molar-refractivity contribution in [1.82, 2.24) is 4.90 Å². The molecule has 0 aliphatic carbocycles. The van der Waals surface area contributed by atoms with Gasteiger partial charge in [-0.2, -0.15) is 0 Å². The summed E-state index contributed by atoms with van der Waals surface area (Å²) in [6.45, 7) is 8.05. The third-order valence-corrected chi connectivity index (χ3v) is 3.02. The molecule has 5 nitrogen and oxygen atoms in total. The van der Waals surface area contributed by atoms with Gasteiger partial charge in [0.25, 0.3) is 0 Å². The van der Waals surface area contributed by atoms with E-state index in [1.54, 1.807) is 0 Å². The Balaban J connectivity index is 2.24. The highest BCUT2D eigenvalue weighted by Gasteiger charge is 2.23. The highest BCUT2D eigenvalue weighted by molar-refractivity contribution is 5.75.